The molecule has 0 bridgehead atoms. The Morgan fingerprint density at radius 1 is 1.33 bits per heavy atom. The van der Waals surface area contributed by atoms with Gasteiger partial charge in [-0.25, -0.2) is 0 Å². The fourth-order valence-corrected chi connectivity index (χ4v) is 2.28. The number of likely N-dealkylation sites (N-methyl/N-ethyl adjacent to an activating group) is 1. The van der Waals surface area contributed by atoms with Crippen LogP contribution in [0.2, 0.25) is 0 Å². The van der Waals surface area contributed by atoms with Crippen LogP contribution in [0.4, 0.5) is 0 Å². The number of nitrogens with zero attached hydrogens (tertiary/aromatic N) is 2. The molecule has 1 aliphatic rings. The first-order valence-corrected chi connectivity index (χ1v) is 7.71. The van der Waals surface area contributed by atoms with Crippen LogP contribution in [0.15, 0.2) is 0 Å². The highest BCUT2D eigenvalue weighted by molar-refractivity contribution is 5.96. The summed E-state index contributed by atoms with van der Waals surface area (Å²) in [6.45, 7) is 8.18. The maximum atomic E-state index is 12.5. The van der Waals surface area contributed by atoms with Gasteiger partial charge in [0.25, 0.3) is 0 Å². The van der Waals surface area contributed by atoms with Crippen molar-refractivity contribution < 1.29 is 14.3 Å². The summed E-state index contributed by atoms with van der Waals surface area (Å²) >= 11 is 0. The van der Waals surface area contributed by atoms with Crippen molar-refractivity contribution in [2.24, 2.45) is 5.92 Å². The van der Waals surface area contributed by atoms with Crippen molar-refractivity contribution in [3.05, 3.63) is 0 Å². The van der Waals surface area contributed by atoms with Crippen LogP contribution >= 0.6 is 0 Å². The lowest BCUT2D eigenvalue weighted by molar-refractivity contribution is -0.150. The molecule has 1 heterocycles. The van der Waals surface area contributed by atoms with Crippen LogP contribution in [0.1, 0.15) is 27.2 Å². The molecule has 0 aromatic rings. The number of piperazine rings is 1. The molecule has 1 saturated heterocycles. The molecule has 0 aliphatic carbocycles. The number of rotatable bonds is 8. The fourth-order valence-electron chi connectivity index (χ4n) is 2.28. The Bertz CT molecular complexity index is 360. The molecule has 1 rings (SSSR count). The predicted molar refractivity (Wildman–Crippen MR) is 81.9 cm³/mol. The minimum atomic E-state index is -0.421. The van der Waals surface area contributed by atoms with Gasteiger partial charge in [0.15, 0.2) is 0 Å². The van der Waals surface area contributed by atoms with E-state index in [1.165, 1.54) is 0 Å². The third-order valence-corrected chi connectivity index (χ3v) is 4.07. The van der Waals surface area contributed by atoms with Crippen molar-refractivity contribution in [1.29, 1.82) is 0 Å². The summed E-state index contributed by atoms with van der Waals surface area (Å²) in [5.41, 5.74) is 0. The minimum Gasteiger partial charge on any atom is -0.378 e. The minimum absolute atomic E-state index is 0.00709. The lowest BCUT2D eigenvalue weighted by Gasteiger charge is -2.39. The second-order valence-electron chi connectivity index (χ2n) is 6.00. The topological polar surface area (TPSA) is 61.9 Å². The van der Waals surface area contributed by atoms with E-state index < -0.39 is 12.1 Å². The number of carbonyl (C=O) groups excluding carboxylic acids is 2. The standard InChI is InChI=1S/C15H29N3O3/c1-6-11(2)13-15(20)18(12(3)14(19)16-13)8-10-21-9-7-17(4)5/h11-13H,6-10H2,1-5H3,(H,16,19). The Labute approximate surface area is 127 Å². The summed E-state index contributed by atoms with van der Waals surface area (Å²) in [5, 5.41) is 2.84. The van der Waals surface area contributed by atoms with Gasteiger partial charge in [0, 0.05) is 13.1 Å². The normalized spacial score (nSPS) is 24.4. The van der Waals surface area contributed by atoms with E-state index in [-0.39, 0.29) is 17.7 Å². The van der Waals surface area contributed by atoms with E-state index in [2.05, 4.69) is 5.32 Å². The van der Waals surface area contributed by atoms with Crippen LogP contribution in [0.3, 0.4) is 0 Å². The zero-order chi connectivity index (χ0) is 16.0. The van der Waals surface area contributed by atoms with Gasteiger partial charge >= 0.3 is 0 Å². The smallest absolute Gasteiger partial charge is 0.246 e. The average molecular weight is 299 g/mol. The van der Waals surface area contributed by atoms with E-state index in [4.69, 9.17) is 4.74 Å². The quantitative estimate of drug-likeness (QED) is 0.656. The van der Waals surface area contributed by atoms with E-state index in [0.717, 1.165) is 13.0 Å². The third kappa shape index (κ3) is 4.97. The Balaban J connectivity index is 2.53. The first-order chi connectivity index (χ1) is 9.88. The number of amides is 2. The molecule has 122 valence electrons. The van der Waals surface area contributed by atoms with E-state index in [1.54, 1.807) is 11.8 Å². The van der Waals surface area contributed by atoms with Crippen molar-refractivity contribution in [2.45, 2.75) is 39.3 Å². The monoisotopic (exact) mass is 299 g/mol. The zero-order valence-corrected chi connectivity index (χ0v) is 13.9. The lowest BCUT2D eigenvalue weighted by atomic mass is 9.94. The van der Waals surface area contributed by atoms with Crippen molar-refractivity contribution in [2.75, 3.05) is 40.4 Å². The Hall–Kier alpha value is -1.14. The molecular weight excluding hydrogens is 270 g/mol. The fraction of sp³-hybridized carbons (Fsp3) is 0.867. The van der Waals surface area contributed by atoms with Crippen molar-refractivity contribution in [1.82, 2.24) is 15.1 Å². The molecule has 3 unspecified atom stereocenters. The molecule has 1 aliphatic heterocycles. The molecule has 0 saturated carbocycles. The summed E-state index contributed by atoms with van der Waals surface area (Å²) in [6.07, 6.45) is 0.859. The van der Waals surface area contributed by atoms with Crippen LogP contribution in [0, 0.1) is 5.92 Å². The molecule has 0 aromatic carbocycles. The van der Waals surface area contributed by atoms with Gasteiger partial charge in [0.05, 0.1) is 13.2 Å². The highest BCUT2D eigenvalue weighted by atomic mass is 16.5. The Morgan fingerprint density at radius 3 is 2.57 bits per heavy atom. The van der Waals surface area contributed by atoms with Crippen molar-refractivity contribution >= 4 is 11.8 Å². The molecule has 21 heavy (non-hydrogen) atoms. The molecular formula is C15H29N3O3. The largest absolute Gasteiger partial charge is 0.378 e. The molecule has 1 fully saturated rings. The highest BCUT2D eigenvalue weighted by Gasteiger charge is 2.39. The van der Waals surface area contributed by atoms with Crippen LogP contribution in [-0.2, 0) is 14.3 Å². The average Bonchev–Trinajstić information content (AvgIpc) is 2.44. The molecule has 6 nitrogen and oxygen atoms in total. The van der Waals surface area contributed by atoms with Gasteiger partial charge in [-0.05, 0) is 26.9 Å². The van der Waals surface area contributed by atoms with E-state index >= 15 is 0 Å². The van der Waals surface area contributed by atoms with Crippen LogP contribution in [0.5, 0.6) is 0 Å². The SMILES string of the molecule is CCC(C)C1NC(=O)C(C)N(CCOCCN(C)C)C1=O. The van der Waals surface area contributed by atoms with Gasteiger partial charge in [-0.2, -0.15) is 0 Å². The first-order valence-electron chi connectivity index (χ1n) is 7.71. The molecule has 0 radical (unpaired) electrons. The summed E-state index contributed by atoms with van der Waals surface area (Å²) < 4.78 is 5.53. The molecule has 0 spiro atoms. The number of hydrogen-bond donors (Lipinski definition) is 1. The highest BCUT2D eigenvalue weighted by Crippen LogP contribution is 2.17. The van der Waals surface area contributed by atoms with Gasteiger partial charge in [0.1, 0.15) is 12.1 Å². The number of nitrogens with one attached hydrogen (secondary N) is 1. The van der Waals surface area contributed by atoms with E-state index in [1.807, 2.05) is 32.8 Å². The van der Waals surface area contributed by atoms with Gasteiger partial charge in [0.2, 0.25) is 11.8 Å². The maximum absolute atomic E-state index is 12.5. The number of hydrogen-bond acceptors (Lipinski definition) is 4. The van der Waals surface area contributed by atoms with Gasteiger partial charge in [-0.15, -0.1) is 0 Å². The molecule has 0 aromatic heterocycles. The van der Waals surface area contributed by atoms with Crippen LogP contribution in [0.25, 0.3) is 0 Å². The lowest BCUT2D eigenvalue weighted by Crippen LogP contribution is -2.64. The summed E-state index contributed by atoms with van der Waals surface area (Å²) in [4.78, 5) is 28.2. The number of carbonyl (C=O) groups is 2. The Kier molecular flexibility index (Phi) is 7.11. The third-order valence-electron chi connectivity index (χ3n) is 4.07. The van der Waals surface area contributed by atoms with Crippen LogP contribution in [-0.4, -0.2) is 74.1 Å². The number of ether oxygens (including phenoxy) is 1. The molecule has 6 heteroatoms. The van der Waals surface area contributed by atoms with Crippen molar-refractivity contribution in [3.63, 3.8) is 0 Å². The zero-order valence-electron chi connectivity index (χ0n) is 13.9. The predicted octanol–water partition coefficient (Wildman–Crippen LogP) is 0.326. The van der Waals surface area contributed by atoms with E-state index in [0.29, 0.717) is 19.8 Å². The van der Waals surface area contributed by atoms with Crippen molar-refractivity contribution in [3.8, 4) is 0 Å². The summed E-state index contributed by atoms with van der Waals surface area (Å²) in [7, 11) is 3.97. The van der Waals surface area contributed by atoms with Crippen LogP contribution < -0.4 is 5.32 Å². The van der Waals surface area contributed by atoms with Gasteiger partial charge in [-0.1, -0.05) is 20.3 Å². The second-order valence-corrected chi connectivity index (χ2v) is 6.00. The summed E-state index contributed by atoms with van der Waals surface area (Å²) in [6, 6.07) is -0.823. The summed E-state index contributed by atoms with van der Waals surface area (Å²) in [5.74, 6) is 0.0759. The first kappa shape index (κ1) is 17.9. The Morgan fingerprint density at radius 2 is 2.00 bits per heavy atom. The molecule has 2 amide bonds. The van der Waals surface area contributed by atoms with Gasteiger partial charge in [-0.3, -0.25) is 9.59 Å². The van der Waals surface area contributed by atoms with E-state index in [9.17, 15) is 9.59 Å². The maximum Gasteiger partial charge on any atom is 0.246 e. The second kappa shape index (κ2) is 8.34. The molecule has 3 atom stereocenters. The molecule has 1 N–H and O–H groups in total. The van der Waals surface area contributed by atoms with Gasteiger partial charge < -0.3 is 19.9 Å².